The molecule has 0 aliphatic carbocycles. The summed E-state index contributed by atoms with van der Waals surface area (Å²) >= 11 is 8.70. The summed E-state index contributed by atoms with van der Waals surface area (Å²) in [5.41, 5.74) is 0.340. The van der Waals surface area contributed by atoms with Crippen LogP contribution in [0.1, 0.15) is 10.5 Å². The summed E-state index contributed by atoms with van der Waals surface area (Å²) in [6, 6.07) is 4.12. The number of nitrogens with zero attached hydrogens (tertiary/aromatic N) is 3. The van der Waals surface area contributed by atoms with Gasteiger partial charge in [-0.05, 0) is 28.1 Å². The maximum Gasteiger partial charge on any atom is 0.283 e. The van der Waals surface area contributed by atoms with Gasteiger partial charge in [0.25, 0.3) is 11.6 Å². The smallest absolute Gasteiger partial charge is 0.283 e. The number of amides is 1. The van der Waals surface area contributed by atoms with Gasteiger partial charge in [-0.1, -0.05) is 11.6 Å². The molecule has 1 heterocycles. The van der Waals surface area contributed by atoms with Crippen LogP contribution in [0.5, 0.6) is 0 Å². The number of anilines is 1. The molecule has 0 radical (unpaired) electrons. The maximum absolute atomic E-state index is 11.9. The van der Waals surface area contributed by atoms with E-state index in [1.54, 1.807) is 0 Å². The molecule has 9 heteroatoms. The van der Waals surface area contributed by atoms with E-state index in [1.807, 2.05) is 0 Å². The largest absolute Gasteiger partial charge is 0.321 e. The monoisotopic (exact) mass is 356 g/mol. The second-order valence-electron chi connectivity index (χ2n) is 3.60. The van der Waals surface area contributed by atoms with Crippen molar-refractivity contribution in [2.24, 2.45) is 0 Å². The minimum atomic E-state index is -0.530. The van der Waals surface area contributed by atoms with Crippen LogP contribution in [0.15, 0.2) is 35.1 Å². The van der Waals surface area contributed by atoms with Crippen molar-refractivity contribution >= 4 is 44.8 Å². The number of benzene rings is 1. The molecule has 7 nitrogen and oxygen atoms in total. The maximum atomic E-state index is 11.9. The molecule has 20 heavy (non-hydrogen) atoms. The van der Waals surface area contributed by atoms with Gasteiger partial charge in [-0.25, -0.2) is 4.98 Å². The molecule has 0 unspecified atom stereocenters. The number of aromatic nitrogens is 2. The average molecular weight is 358 g/mol. The van der Waals surface area contributed by atoms with Crippen molar-refractivity contribution in [1.29, 1.82) is 0 Å². The standard InChI is InChI=1S/C11H6BrClN4O3/c12-7-3-6(1-2-9(7)17(19)20)15-11(18)8-4-14-5-10(13)16-8/h1-5H,(H,15,18). The Bertz CT molecular complexity index is 695. The number of halogens is 2. The van der Waals surface area contributed by atoms with Gasteiger partial charge in [-0.3, -0.25) is 19.9 Å². The molecule has 2 rings (SSSR count). The number of hydrogen-bond acceptors (Lipinski definition) is 5. The Labute approximate surface area is 126 Å². The predicted octanol–water partition coefficient (Wildman–Crippen LogP) is 3.05. The number of carbonyl (C=O) groups is 1. The molecule has 1 aromatic heterocycles. The normalized spacial score (nSPS) is 10.1. The van der Waals surface area contributed by atoms with Crippen molar-refractivity contribution in [1.82, 2.24) is 9.97 Å². The fourth-order valence-electron chi connectivity index (χ4n) is 1.38. The van der Waals surface area contributed by atoms with Crippen molar-refractivity contribution in [2.75, 3.05) is 5.32 Å². The van der Waals surface area contributed by atoms with Crippen LogP contribution in [0, 0.1) is 10.1 Å². The van der Waals surface area contributed by atoms with Gasteiger partial charge in [0, 0.05) is 11.8 Å². The van der Waals surface area contributed by atoms with Crippen molar-refractivity contribution in [2.45, 2.75) is 0 Å². The Kier molecular flexibility index (Phi) is 4.26. The first-order valence-electron chi connectivity index (χ1n) is 5.20. The summed E-state index contributed by atoms with van der Waals surface area (Å²) in [6.07, 6.45) is 2.57. The molecule has 0 bridgehead atoms. The Morgan fingerprint density at radius 3 is 2.75 bits per heavy atom. The van der Waals surface area contributed by atoms with Crippen molar-refractivity contribution in [3.63, 3.8) is 0 Å². The molecule has 0 aliphatic heterocycles. The highest BCUT2D eigenvalue weighted by molar-refractivity contribution is 9.10. The number of nitrogens with one attached hydrogen (secondary N) is 1. The molecule has 0 atom stereocenters. The van der Waals surface area contributed by atoms with Crippen molar-refractivity contribution in [3.8, 4) is 0 Å². The van der Waals surface area contributed by atoms with Crippen LogP contribution in [0.4, 0.5) is 11.4 Å². The van der Waals surface area contributed by atoms with E-state index in [4.69, 9.17) is 11.6 Å². The molecule has 0 saturated heterocycles. The highest BCUT2D eigenvalue weighted by atomic mass is 79.9. The van der Waals surface area contributed by atoms with Crippen molar-refractivity contribution < 1.29 is 9.72 Å². The highest BCUT2D eigenvalue weighted by Gasteiger charge is 2.14. The molecule has 102 valence electrons. The lowest BCUT2D eigenvalue weighted by atomic mass is 10.2. The van der Waals surface area contributed by atoms with E-state index in [2.05, 4.69) is 31.2 Å². The second kappa shape index (κ2) is 5.93. The average Bonchev–Trinajstić information content (AvgIpc) is 2.38. The Morgan fingerprint density at radius 1 is 1.40 bits per heavy atom. The number of nitro benzene ring substituents is 1. The molecular formula is C11H6BrClN4O3. The molecule has 1 N–H and O–H groups in total. The fraction of sp³-hybridized carbons (Fsp3) is 0. The zero-order valence-electron chi connectivity index (χ0n) is 9.71. The molecule has 2 aromatic rings. The molecule has 0 spiro atoms. The molecule has 1 aromatic carbocycles. The van der Waals surface area contributed by atoms with Crippen LogP contribution in [0.25, 0.3) is 0 Å². The summed E-state index contributed by atoms with van der Waals surface area (Å²) in [4.78, 5) is 29.6. The fourth-order valence-corrected chi connectivity index (χ4v) is 2.05. The van der Waals surface area contributed by atoms with Gasteiger partial charge in [0.15, 0.2) is 0 Å². The lowest BCUT2D eigenvalue weighted by Crippen LogP contribution is -2.14. The number of rotatable bonds is 3. The quantitative estimate of drug-likeness (QED) is 0.672. The third-order valence-corrected chi connectivity index (χ3v) is 3.06. The number of carbonyl (C=O) groups excluding carboxylic acids is 1. The summed E-state index contributed by atoms with van der Waals surface area (Å²) in [5, 5.41) is 13.3. The van der Waals surface area contributed by atoms with Crippen LogP contribution in [-0.4, -0.2) is 20.8 Å². The van der Waals surface area contributed by atoms with E-state index in [0.29, 0.717) is 5.69 Å². The van der Waals surface area contributed by atoms with Crippen molar-refractivity contribution in [3.05, 3.63) is 56.0 Å². The van der Waals surface area contributed by atoms with E-state index in [1.165, 1.54) is 30.6 Å². The molecule has 1 amide bonds. The van der Waals surface area contributed by atoms with Crippen LogP contribution < -0.4 is 5.32 Å². The highest BCUT2D eigenvalue weighted by Crippen LogP contribution is 2.27. The van der Waals surface area contributed by atoms with Gasteiger partial charge in [-0.2, -0.15) is 0 Å². The Balaban J connectivity index is 2.20. The molecule has 0 fully saturated rings. The lowest BCUT2D eigenvalue weighted by molar-refractivity contribution is -0.385. The summed E-state index contributed by atoms with van der Waals surface area (Å²) in [6.45, 7) is 0. The van der Waals surface area contributed by atoms with Gasteiger partial charge in [-0.15, -0.1) is 0 Å². The first kappa shape index (κ1) is 14.4. The van der Waals surface area contributed by atoms with E-state index in [9.17, 15) is 14.9 Å². The lowest BCUT2D eigenvalue weighted by Gasteiger charge is -2.05. The minimum absolute atomic E-state index is 0.0481. The van der Waals surface area contributed by atoms with E-state index >= 15 is 0 Å². The molecule has 0 saturated carbocycles. The van der Waals surface area contributed by atoms with Gasteiger partial charge in [0.1, 0.15) is 10.8 Å². The zero-order chi connectivity index (χ0) is 14.7. The van der Waals surface area contributed by atoms with E-state index in [-0.39, 0.29) is 21.0 Å². The molecular weight excluding hydrogens is 352 g/mol. The number of nitro groups is 1. The first-order chi connectivity index (χ1) is 9.47. The zero-order valence-corrected chi connectivity index (χ0v) is 12.1. The summed E-state index contributed by atoms with van der Waals surface area (Å²) in [7, 11) is 0. The van der Waals surface area contributed by atoms with Gasteiger partial charge < -0.3 is 5.32 Å². The Hall–Kier alpha value is -2.06. The van der Waals surface area contributed by atoms with Crippen LogP contribution in [0.3, 0.4) is 0 Å². The van der Waals surface area contributed by atoms with Crippen LogP contribution >= 0.6 is 27.5 Å². The molecule has 0 aliphatic rings. The van der Waals surface area contributed by atoms with E-state index in [0.717, 1.165) is 0 Å². The van der Waals surface area contributed by atoms with Gasteiger partial charge in [0.2, 0.25) is 0 Å². The Morgan fingerprint density at radius 2 is 2.15 bits per heavy atom. The summed E-state index contributed by atoms with van der Waals surface area (Å²) < 4.78 is 0.262. The van der Waals surface area contributed by atoms with Gasteiger partial charge >= 0.3 is 0 Å². The first-order valence-corrected chi connectivity index (χ1v) is 6.37. The second-order valence-corrected chi connectivity index (χ2v) is 4.85. The third-order valence-electron chi connectivity index (χ3n) is 2.24. The predicted molar refractivity (Wildman–Crippen MR) is 75.8 cm³/mol. The van der Waals surface area contributed by atoms with Crippen LogP contribution in [0.2, 0.25) is 5.15 Å². The van der Waals surface area contributed by atoms with Gasteiger partial charge in [0.05, 0.1) is 21.8 Å². The minimum Gasteiger partial charge on any atom is -0.321 e. The van der Waals surface area contributed by atoms with E-state index < -0.39 is 10.8 Å². The summed E-state index contributed by atoms with van der Waals surface area (Å²) in [5.74, 6) is -0.513. The van der Waals surface area contributed by atoms with Crippen LogP contribution in [-0.2, 0) is 0 Å². The SMILES string of the molecule is O=C(Nc1ccc([N+](=O)[O-])c(Br)c1)c1cncc(Cl)n1. The number of hydrogen-bond donors (Lipinski definition) is 1. The topological polar surface area (TPSA) is 98.0 Å². The third kappa shape index (κ3) is 3.28.